The molecule has 0 unspecified atom stereocenters. The van der Waals surface area contributed by atoms with Crippen molar-refractivity contribution in [2.75, 3.05) is 22.7 Å². The summed E-state index contributed by atoms with van der Waals surface area (Å²) in [5.41, 5.74) is 0.726. The Bertz CT molecular complexity index is 567. The monoisotopic (exact) mass is 291 g/mol. The largest absolute Gasteiger partial charge is 0.310 e. The minimum atomic E-state index is -2.98. The first-order chi connectivity index (χ1) is 8.41. The molecule has 1 aromatic rings. The van der Waals surface area contributed by atoms with Crippen LogP contribution in [0.25, 0.3) is 0 Å². The van der Waals surface area contributed by atoms with E-state index in [2.05, 4.69) is 10.4 Å². The molecule has 0 bridgehead atoms. The maximum absolute atomic E-state index is 11.5. The van der Waals surface area contributed by atoms with Gasteiger partial charge in [0.2, 0.25) is 5.91 Å². The van der Waals surface area contributed by atoms with Crippen LogP contribution in [0.2, 0.25) is 0 Å². The van der Waals surface area contributed by atoms with Crippen LogP contribution in [-0.4, -0.2) is 41.5 Å². The van der Waals surface area contributed by atoms with Gasteiger partial charge in [-0.2, -0.15) is 5.10 Å². The van der Waals surface area contributed by atoms with Crippen LogP contribution in [0, 0.1) is 6.92 Å². The molecule has 1 fully saturated rings. The van der Waals surface area contributed by atoms with Gasteiger partial charge in [-0.15, -0.1) is 11.6 Å². The molecule has 1 aliphatic heterocycles. The molecule has 0 aromatic carbocycles. The SMILES string of the molecule is Cc1cc(NC(=O)CCl)n([C@H]2CCS(=O)(=O)C2)n1. The lowest BCUT2D eigenvalue weighted by Gasteiger charge is -2.13. The van der Waals surface area contributed by atoms with Crippen molar-refractivity contribution in [3.8, 4) is 0 Å². The van der Waals surface area contributed by atoms with E-state index in [0.717, 1.165) is 5.69 Å². The van der Waals surface area contributed by atoms with E-state index in [9.17, 15) is 13.2 Å². The minimum Gasteiger partial charge on any atom is -0.310 e. The molecule has 0 saturated carbocycles. The highest BCUT2D eigenvalue weighted by molar-refractivity contribution is 7.91. The Kier molecular flexibility index (Phi) is 3.63. The summed E-state index contributed by atoms with van der Waals surface area (Å²) in [6.07, 6.45) is 0.521. The first-order valence-corrected chi connectivity index (χ1v) is 7.89. The Morgan fingerprint density at radius 3 is 2.94 bits per heavy atom. The number of hydrogen-bond acceptors (Lipinski definition) is 4. The van der Waals surface area contributed by atoms with E-state index in [1.54, 1.807) is 17.7 Å². The minimum absolute atomic E-state index is 0.0673. The van der Waals surface area contributed by atoms with Crippen LogP contribution in [0.3, 0.4) is 0 Å². The predicted octanol–water partition coefficient (Wildman–Crippen LogP) is 0.728. The second kappa shape index (κ2) is 4.89. The van der Waals surface area contributed by atoms with E-state index < -0.39 is 9.84 Å². The van der Waals surface area contributed by atoms with Crippen LogP contribution in [0.1, 0.15) is 18.2 Å². The van der Waals surface area contributed by atoms with Gasteiger partial charge in [-0.25, -0.2) is 13.1 Å². The van der Waals surface area contributed by atoms with Gasteiger partial charge in [-0.3, -0.25) is 4.79 Å². The molecule has 6 nitrogen and oxygen atoms in total. The molecule has 0 radical (unpaired) electrons. The van der Waals surface area contributed by atoms with Crippen LogP contribution in [-0.2, 0) is 14.6 Å². The summed E-state index contributed by atoms with van der Waals surface area (Å²) in [7, 11) is -2.98. The highest BCUT2D eigenvalue weighted by Crippen LogP contribution is 2.27. The number of alkyl halides is 1. The highest BCUT2D eigenvalue weighted by atomic mass is 35.5. The Morgan fingerprint density at radius 2 is 2.39 bits per heavy atom. The third-order valence-electron chi connectivity index (χ3n) is 2.80. The first kappa shape index (κ1) is 13.4. The van der Waals surface area contributed by atoms with Crippen molar-refractivity contribution in [3.63, 3.8) is 0 Å². The van der Waals surface area contributed by atoms with Gasteiger partial charge in [0, 0.05) is 6.07 Å². The molecule has 2 heterocycles. The molecule has 18 heavy (non-hydrogen) atoms. The maximum atomic E-state index is 11.5. The smallest absolute Gasteiger partial charge is 0.240 e. The van der Waals surface area contributed by atoms with Crippen LogP contribution < -0.4 is 5.32 Å². The third-order valence-corrected chi connectivity index (χ3v) is 4.79. The second-order valence-electron chi connectivity index (χ2n) is 4.35. The fourth-order valence-corrected chi connectivity index (χ4v) is 3.79. The molecule has 1 N–H and O–H groups in total. The molecule has 1 saturated heterocycles. The number of nitrogens with zero attached hydrogens (tertiary/aromatic N) is 2. The number of sulfone groups is 1. The molecule has 2 rings (SSSR count). The van der Waals surface area contributed by atoms with E-state index in [1.165, 1.54) is 0 Å². The number of amides is 1. The zero-order valence-corrected chi connectivity index (χ0v) is 11.5. The summed E-state index contributed by atoms with van der Waals surface area (Å²) in [4.78, 5) is 11.3. The van der Waals surface area contributed by atoms with E-state index in [-0.39, 0.29) is 29.3 Å². The molecule has 1 amide bonds. The Hall–Kier alpha value is -1.08. The molecule has 0 spiro atoms. The Morgan fingerprint density at radius 1 is 1.67 bits per heavy atom. The molecule has 1 atom stereocenters. The molecule has 1 aliphatic rings. The van der Waals surface area contributed by atoms with Crippen molar-refractivity contribution >= 4 is 33.2 Å². The van der Waals surface area contributed by atoms with Crippen LogP contribution in [0.15, 0.2) is 6.07 Å². The Balaban J connectivity index is 2.25. The van der Waals surface area contributed by atoms with Crippen molar-refractivity contribution in [1.82, 2.24) is 9.78 Å². The van der Waals surface area contributed by atoms with E-state index >= 15 is 0 Å². The summed E-state index contributed by atoms with van der Waals surface area (Å²) < 4.78 is 24.5. The number of anilines is 1. The maximum Gasteiger partial charge on any atom is 0.240 e. The molecule has 0 aliphatic carbocycles. The fourth-order valence-electron chi connectivity index (χ4n) is 2.03. The highest BCUT2D eigenvalue weighted by Gasteiger charge is 2.31. The lowest BCUT2D eigenvalue weighted by molar-refractivity contribution is -0.114. The summed E-state index contributed by atoms with van der Waals surface area (Å²) in [6, 6.07) is 1.49. The molecular formula is C10H14ClN3O3S. The number of nitrogens with one attached hydrogen (secondary N) is 1. The van der Waals surface area contributed by atoms with Crippen molar-refractivity contribution in [2.45, 2.75) is 19.4 Å². The van der Waals surface area contributed by atoms with Crippen LogP contribution in [0.4, 0.5) is 5.82 Å². The number of halogens is 1. The third kappa shape index (κ3) is 2.84. The van der Waals surface area contributed by atoms with E-state index in [0.29, 0.717) is 12.2 Å². The van der Waals surface area contributed by atoms with Gasteiger partial charge in [0.25, 0.3) is 0 Å². The van der Waals surface area contributed by atoms with Gasteiger partial charge in [0.15, 0.2) is 9.84 Å². The quantitative estimate of drug-likeness (QED) is 0.833. The van der Waals surface area contributed by atoms with Gasteiger partial charge in [-0.1, -0.05) is 0 Å². The zero-order chi connectivity index (χ0) is 13.3. The number of aromatic nitrogens is 2. The summed E-state index contributed by atoms with van der Waals surface area (Å²) >= 11 is 5.43. The van der Waals surface area contributed by atoms with Crippen molar-refractivity contribution in [1.29, 1.82) is 0 Å². The fraction of sp³-hybridized carbons (Fsp3) is 0.600. The summed E-state index contributed by atoms with van der Waals surface area (Å²) in [6.45, 7) is 1.79. The second-order valence-corrected chi connectivity index (χ2v) is 6.85. The van der Waals surface area contributed by atoms with E-state index in [1.807, 2.05) is 0 Å². The van der Waals surface area contributed by atoms with Crippen LogP contribution in [0.5, 0.6) is 0 Å². The summed E-state index contributed by atoms with van der Waals surface area (Å²) in [5, 5.41) is 6.86. The predicted molar refractivity (Wildman–Crippen MR) is 68.6 cm³/mol. The van der Waals surface area contributed by atoms with Gasteiger partial charge in [-0.05, 0) is 13.3 Å². The summed E-state index contributed by atoms with van der Waals surface area (Å²) in [5.74, 6) is 0.253. The normalized spacial score (nSPS) is 22.0. The molecular weight excluding hydrogens is 278 g/mol. The van der Waals surface area contributed by atoms with Crippen molar-refractivity contribution in [3.05, 3.63) is 11.8 Å². The average Bonchev–Trinajstić information content (AvgIpc) is 2.81. The Labute approximate surface area is 110 Å². The first-order valence-electron chi connectivity index (χ1n) is 5.53. The number of hydrogen-bond donors (Lipinski definition) is 1. The molecule has 8 heteroatoms. The zero-order valence-electron chi connectivity index (χ0n) is 9.89. The molecule has 100 valence electrons. The van der Waals surface area contributed by atoms with Gasteiger partial charge in [0.1, 0.15) is 11.7 Å². The lowest BCUT2D eigenvalue weighted by Crippen LogP contribution is -2.20. The number of carbonyl (C=O) groups excluding carboxylic acids is 1. The van der Waals surface area contributed by atoms with E-state index in [4.69, 9.17) is 11.6 Å². The van der Waals surface area contributed by atoms with Gasteiger partial charge >= 0.3 is 0 Å². The van der Waals surface area contributed by atoms with Crippen molar-refractivity contribution < 1.29 is 13.2 Å². The van der Waals surface area contributed by atoms with Gasteiger partial charge in [0.05, 0.1) is 23.2 Å². The van der Waals surface area contributed by atoms with Crippen LogP contribution >= 0.6 is 11.6 Å². The average molecular weight is 292 g/mol. The molecule has 1 aromatic heterocycles. The number of aryl methyl sites for hydroxylation is 1. The van der Waals surface area contributed by atoms with Crippen molar-refractivity contribution in [2.24, 2.45) is 0 Å². The standard InChI is InChI=1S/C10H14ClN3O3S/c1-7-4-9(12-10(15)5-11)14(13-7)8-2-3-18(16,17)6-8/h4,8H,2-3,5-6H2,1H3,(H,12,15)/t8-/m0/s1. The van der Waals surface area contributed by atoms with Gasteiger partial charge < -0.3 is 5.32 Å². The number of rotatable bonds is 3. The number of carbonyl (C=O) groups is 1. The lowest BCUT2D eigenvalue weighted by atomic mass is 10.3. The topological polar surface area (TPSA) is 81.1 Å².